The van der Waals surface area contributed by atoms with Gasteiger partial charge in [0, 0.05) is 19.6 Å². The fraction of sp³-hybridized carbons (Fsp3) is 0.389. The Hall–Kier alpha value is -1.75. The van der Waals surface area contributed by atoms with Gasteiger partial charge in [-0.3, -0.25) is 4.79 Å². The molecule has 1 saturated heterocycles. The van der Waals surface area contributed by atoms with E-state index in [9.17, 15) is 21.6 Å². The lowest BCUT2D eigenvalue weighted by Gasteiger charge is -2.15. The Labute approximate surface area is 169 Å². The predicted molar refractivity (Wildman–Crippen MR) is 108 cm³/mol. The van der Waals surface area contributed by atoms with Crippen LogP contribution in [0.3, 0.4) is 0 Å². The second-order valence-corrected chi connectivity index (χ2v) is 11.4. The summed E-state index contributed by atoms with van der Waals surface area (Å²) in [5.41, 5.74) is 0. The van der Waals surface area contributed by atoms with E-state index in [0.29, 0.717) is 13.1 Å². The average Bonchev–Trinajstić information content (AvgIpc) is 3.38. The van der Waals surface area contributed by atoms with Gasteiger partial charge in [0.1, 0.15) is 9.77 Å². The number of amides is 1. The lowest BCUT2D eigenvalue weighted by molar-refractivity contribution is 0.0954. The van der Waals surface area contributed by atoms with Crippen molar-refractivity contribution in [1.82, 2.24) is 9.62 Å². The molecule has 0 spiro atoms. The zero-order valence-electron chi connectivity index (χ0n) is 15.2. The third-order valence-electron chi connectivity index (χ3n) is 4.50. The molecule has 3 rings (SSSR count). The molecule has 1 amide bonds. The van der Waals surface area contributed by atoms with Crippen LogP contribution in [0.5, 0.6) is 0 Å². The molecule has 0 atom stereocenters. The van der Waals surface area contributed by atoms with Crippen LogP contribution in [-0.2, 0) is 19.9 Å². The monoisotopic (exact) mass is 442 g/mol. The van der Waals surface area contributed by atoms with Crippen molar-refractivity contribution in [3.63, 3.8) is 0 Å². The highest BCUT2D eigenvalue weighted by Gasteiger charge is 2.31. The normalized spacial score (nSPS) is 15.6. The van der Waals surface area contributed by atoms with Gasteiger partial charge in [0.15, 0.2) is 9.84 Å². The SMILES string of the molecule is O=C(NCCCS(=O)(=O)c1ccccc1)c1sccc1S(=O)(=O)N1CCCC1. The van der Waals surface area contributed by atoms with Crippen LogP contribution >= 0.6 is 11.3 Å². The quantitative estimate of drug-likeness (QED) is 0.631. The highest BCUT2D eigenvalue weighted by molar-refractivity contribution is 7.91. The fourth-order valence-electron chi connectivity index (χ4n) is 3.02. The molecule has 1 N–H and O–H groups in total. The number of thiophene rings is 1. The van der Waals surface area contributed by atoms with Gasteiger partial charge >= 0.3 is 0 Å². The van der Waals surface area contributed by atoms with Gasteiger partial charge in [0.05, 0.1) is 10.6 Å². The van der Waals surface area contributed by atoms with Crippen LogP contribution in [0.15, 0.2) is 51.6 Å². The second kappa shape index (κ2) is 8.73. The van der Waals surface area contributed by atoms with Crippen molar-refractivity contribution >= 4 is 37.1 Å². The molecule has 1 aliphatic rings. The molecule has 0 radical (unpaired) electrons. The van der Waals surface area contributed by atoms with E-state index >= 15 is 0 Å². The van der Waals surface area contributed by atoms with E-state index in [4.69, 9.17) is 0 Å². The molecule has 0 saturated carbocycles. The Kier molecular flexibility index (Phi) is 6.54. The Morgan fingerprint density at radius 1 is 1.04 bits per heavy atom. The number of hydrogen-bond donors (Lipinski definition) is 1. The third kappa shape index (κ3) is 4.62. The minimum Gasteiger partial charge on any atom is -0.351 e. The molecular weight excluding hydrogens is 420 g/mol. The molecule has 2 aromatic rings. The van der Waals surface area contributed by atoms with E-state index in [-0.39, 0.29) is 33.4 Å². The number of sulfonamides is 1. The maximum absolute atomic E-state index is 12.7. The molecule has 1 aromatic carbocycles. The van der Waals surface area contributed by atoms with Crippen molar-refractivity contribution in [2.24, 2.45) is 0 Å². The maximum atomic E-state index is 12.7. The highest BCUT2D eigenvalue weighted by Crippen LogP contribution is 2.27. The van der Waals surface area contributed by atoms with E-state index < -0.39 is 25.8 Å². The average molecular weight is 443 g/mol. The summed E-state index contributed by atoms with van der Waals surface area (Å²) in [5, 5.41) is 4.22. The molecule has 28 heavy (non-hydrogen) atoms. The summed E-state index contributed by atoms with van der Waals surface area (Å²) in [6, 6.07) is 9.59. The van der Waals surface area contributed by atoms with E-state index in [1.54, 1.807) is 23.6 Å². The standard InChI is InChI=1S/C18H22N2O5S3/c21-18(19-10-6-14-27(22,23)15-7-2-1-3-8-15)17-16(9-13-26-17)28(24,25)20-11-4-5-12-20/h1-3,7-9,13H,4-6,10-12,14H2,(H,19,21). The zero-order chi connectivity index (χ0) is 20.2. The first-order valence-corrected chi connectivity index (χ1v) is 12.9. The third-order valence-corrected chi connectivity index (χ3v) is 9.30. The molecule has 1 aromatic heterocycles. The van der Waals surface area contributed by atoms with Crippen LogP contribution in [0.2, 0.25) is 0 Å². The number of carbonyl (C=O) groups is 1. The van der Waals surface area contributed by atoms with Crippen LogP contribution < -0.4 is 5.32 Å². The van der Waals surface area contributed by atoms with Crippen molar-refractivity contribution in [3.8, 4) is 0 Å². The van der Waals surface area contributed by atoms with E-state index in [1.807, 2.05) is 0 Å². The number of benzene rings is 1. The topological polar surface area (TPSA) is 101 Å². The molecule has 1 fully saturated rings. The largest absolute Gasteiger partial charge is 0.351 e. The predicted octanol–water partition coefficient (Wildman–Crippen LogP) is 2.13. The molecule has 0 unspecified atom stereocenters. The van der Waals surface area contributed by atoms with Crippen LogP contribution in [0.25, 0.3) is 0 Å². The molecule has 0 aliphatic carbocycles. The molecule has 2 heterocycles. The van der Waals surface area contributed by atoms with Gasteiger partial charge in [-0.05, 0) is 42.8 Å². The van der Waals surface area contributed by atoms with Crippen LogP contribution in [0, 0.1) is 0 Å². The van der Waals surface area contributed by atoms with Crippen molar-refractivity contribution in [3.05, 3.63) is 46.7 Å². The summed E-state index contributed by atoms with van der Waals surface area (Å²) in [6.07, 6.45) is 1.88. The summed E-state index contributed by atoms with van der Waals surface area (Å²) in [7, 11) is -7.08. The van der Waals surface area contributed by atoms with E-state index in [2.05, 4.69) is 5.32 Å². The number of hydrogen-bond acceptors (Lipinski definition) is 6. The van der Waals surface area contributed by atoms with Crippen LogP contribution in [0.4, 0.5) is 0 Å². The summed E-state index contributed by atoms with van der Waals surface area (Å²) >= 11 is 1.07. The van der Waals surface area contributed by atoms with Crippen LogP contribution in [0.1, 0.15) is 28.9 Å². The van der Waals surface area contributed by atoms with Crippen molar-refractivity contribution < 1.29 is 21.6 Å². The Bertz CT molecular complexity index is 1020. The van der Waals surface area contributed by atoms with Gasteiger partial charge in [-0.25, -0.2) is 16.8 Å². The highest BCUT2D eigenvalue weighted by atomic mass is 32.2. The van der Waals surface area contributed by atoms with Crippen LogP contribution in [-0.4, -0.2) is 52.4 Å². The molecule has 0 bridgehead atoms. The number of sulfone groups is 1. The van der Waals surface area contributed by atoms with Gasteiger partial charge in [0.2, 0.25) is 10.0 Å². The van der Waals surface area contributed by atoms with E-state index in [1.165, 1.54) is 22.5 Å². The van der Waals surface area contributed by atoms with Gasteiger partial charge < -0.3 is 5.32 Å². The fourth-order valence-corrected chi connectivity index (χ4v) is 7.19. The molecule has 152 valence electrons. The van der Waals surface area contributed by atoms with Gasteiger partial charge in [0.25, 0.3) is 5.91 Å². The molecule has 10 heteroatoms. The van der Waals surface area contributed by atoms with Crippen molar-refractivity contribution in [2.45, 2.75) is 29.1 Å². The number of nitrogens with one attached hydrogen (secondary N) is 1. The second-order valence-electron chi connectivity index (χ2n) is 6.47. The van der Waals surface area contributed by atoms with Gasteiger partial charge in [-0.1, -0.05) is 18.2 Å². The van der Waals surface area contributed by atoms with Crippen molar-refractivity contribution in [1.29, 1.82) is 0 Å². The molecule has 1 aliphatic heterocycles. The summed E-state index contributed by atoms with van der Waals surface area (Å²) in [6.45, 7) is 1.08. The lowest BCUT2D eigenvalue weighted by Crippen LogP contribution is -2.31. The summed E-state index contributed by atoms with van der Waals surface area (Å²) in [4.78, 5) is 12.9. The first kappa shape index (κ1) is 21.0. The minimum atomic E-state index is -3.67. The molecule has 7 nitrogen and oxygen atoms in total. The van der Waals surface area contributed by atoms with Crippen molar-refractivity contribution in [2.75, 3.05) is 25.4 Å². The summed E-state index contributed by atoms with van der Waals surface area (Å²) in [5.74, 6) is -0.592. The maximum Gasteiger partial charge on any atom is 0.262 e. The Balaban J connectivity index is 1.59. The first-order valence-electron chi connectivity index (χ1n) is 8.96. The minimum absolute atomic E-state index is 0.0220. The van der Waals surface area contributed by atoms with E-state index in [0.717, 1.165) is 24.2 Å². The Morgan fingerprint density at radius 2 is 1.71 bits per heavy atom. The Morgan fingerprint density at radius 3 is 2.39 bits per heavy atom. The van der Waals surface area contributed by atoms with Gasteiger partial charge in [-0.2, -0.15) is 4.31 Å². The number of nitrogens with zero attached hydrogens (tertiary/aromatic N) is 1. The number of carbonyl (C=O) groups excluding carboxylic acids is 1. The number of rotatable bonds is 8. The zero-order valence-corrected chi connectivity index (χ0v) is 17.7. The lowest BCUT2D eigenvalue weighted by atomic mass is 10.4. The first-order chi connectivity index (χ1) is 13.3. The summed E-state index contributed by atoms with van der Waals surface area (Å²) < 4.78 is 51.3. The van der Waals surface area contributed by atoms with Gasteiger partial charge in [-0.15, -0.1) is 11.3 Å². The molecular formula is C18H22N2O5S3. The smallest absolute Gasteiger partial charge is 0.262 e.